The summed E-state index contributed by atoms with van der Waals surface area (Å²) < 4.78 is 15.8. The molecule has 4 rings (SSSR count). The second-order valence-corrected chi connectivity index (χ2v) is 8.26. The Labute approximate surface area is 189 Å². The zero-order valence-electron chi connectivity index (χ0n) is 16.7. The van der Waals surface area contributed by atoms with Crippen molar-refractivity contribution in [1.29, 1.82) is 0 Å². The molecule has 8 nitrogen and oxygen atoms in total. The van der Waals surface area contributed by atoms with E-state index in [1.807, 2.05) is 0 Å². The number of nitrogens with one attached hydrogen (secondary N) is 3. The Morgan fingerprint density at radius 3 is 2.72 bits per heavy atom. The first-order chi connectivity index (χ1) is 15.3. The third-order valence-corrected chi connectivity index (χ3v) is 5.67. The van der Waals surface area contributed by atoms with E-state index in [2.05, 4.69) is 31.9 Å². The fourth-order valence-electron chi connectivity index (χ4n) is 3.54. The third kappa shape index (κ3) is 4.54. The molecule has 1 aromatic heterocycles. The summed E-state index contributed by atoms with van der Waals surface area (Å²) in [6.07, 6.45) is 1.96. The fraction of sp³-hybridized carbons (Fsp3) is 0.182. The predicted molar refractivity (Wildman–Crippen MR) is 120 cm³/mol. The number of hydrogen-bond acceptors (Lipinski definition) is 4. The van der Waals surface area contributed by atoms with Gasteiger partial charge in [0.25, 0.3) is 5.56 Å². The summed E-state index contributed by atoms with van der Waals surface area (Å²) in [5.74, 6) is -1.43. The van der Waals surface area contributed by atoms with Crippen LogP contribution in [0.3, 0.4) is 0 Å². The molecule has 10 heteroatoms. The summed E-state index contributed by atoms with van der Waals surface area (Å²) in [5, 5.41) is 8.38. The molecule has 1 fully saturated rings. The molecule has 0 aliphatic carbocycles. The normalized spacial score (nSPS) is 16.0. The first-order valence-corrected chi connectivity index (χ1v) is 10.6. The summed E-state index contributed by atoms with van der Waals surface area (Å²) in [6, 6.07) is 9.81. The Morgan fingerprint density at radius 1 is 1.16 bits per heavy atom. The van der Waals surface area contributed by atoms with Crippen LogP contribution in [0.2, 0.25) is 0 Å². The second-order valence-electron chi connectivity index (χ2n) is 7.35. The van der Waals surface area contributed by atoms with Gasteiger partial charge in [-0.2, -0.15) is 0 Å². The standard InChI is InChI=1S/C22H18BrFN4O4/c23-14-3-4-17(16(24)10-14)26-22(32)25-11-12-1-2-13-7-8-28(21(31)15(13)9-12)18-5-6-19(29)27-20(18)30/h1-4,7-10,18H,5-6,11H2,(H2,25,26,32)(H,27,29,30). The van der Waals surface area contributed by atoms with Crippen LogP contribution in [0, 0.1) is 5.82 Å². The van der Waals surface area contributed by atoms with Gasteiger partial charge in [-0.25, -0.2) is 9.18 Å². The minimum atomic E-state index is -0.752. The number of carbonyl (C=O) groups excluding carboxylic acids is 3. The van der Waals surface area contributed by atoms with Gasteiger partial charge < -0.3 is 15.2 Å². The van der Waals surface area contributed by atoms with E-state index in [1.54, 1.807) is 36.5 Å². The number of nitrogens with zero attached hydrogens (tertiary/aromatic N) is 1. The van der Waals surface area contributed by atoms with Gasteiger partial charge in [0.15, 0.2) is 0 Å². The van der Waals surface area contributed by atoms with E-state index in [-0.39, 0.29) is 36.5 Å². The molecule has 3 aromatic rings. The number of amides is 4. The number of hydrogen-bond donors (Lipinski definition) is 3. The number of imide groups is 1. The number of rotatable bonds is 4. The molecule has 2 aromatic carbocycles. The molecule has 1 atom stereocenters. The van der Waals surface area contributed by atoms with Crippen molar-refractivity contribution < 1.29 is 18.8 Å². The van der Waals surface area contributed by atoms with Crippen molar-refractivity contribution in [2.24, 2.45) is 0 Å². The smallest absolute Gasteiger partial charge is 0.319 e. The van der Waals surface area contributed by atoms with Crippen molar-refractivity contribution in [2.45, 2.75) is 25.4 Å². The third-order valence-electron chi connectivity index (χ3n) is 5.18. The highest BCUT2D eigenvalue weighted by Gasteiger charge is 2.28. The molecule has 1 aliphatic rings. The molecule has 0 saturated carbocycles. The van der Waals surface area contributed by atoms with Gasteiger partial charge in [-0.1, -0.05) is 28.1 Å². The van der Waals surface area contributed by atoms with E-state index in [4.69, 9.17) is 0 Å². The lowest BCUT2D eigenvalue weighted by Gasteiger charge is -2.23. The van der Waals surface area contributed by atoms with Crippen molar-refractivity contribution in [3.63, 3.8) is 0 Å². The minimum Gasteiger partial charge on any atom is -0.334 e. The van der Waals surface area contributed by atoms with Crippen LogP contribution >= 0.6 is 15.9 Å². The Kier molecular flexibility index (Phi) is 6.04. The maximum atomic E-state index is 13.9. The van der Waals surface area contributed by atoms with Crippen LogP contribution in [0.15, 0.2) is 57.9 Å². The minimum absolute atomic E-state index is 0.0383. The van der Waals surface area contributed by atoms with E-state index in [1.165, 1.54) is 16.7 Å². The molecule has 2 heterocycles. The maximum Gasteiger partial charge on any atom is 0.319 e. The number of piperidine rings is 1. The summed E-state index contributed by atoms with van der Waals surface area (Å²) in [5.41, 5.74) is 0.332. The summed E-state index contributed by atoms with van der Waals surface area (Å²) >= 11 is 3.15. The van der Waals surface area contributed by atoms with Crippen LogP contribution in [0.25, 0.3) is 10.8 Å². The number of halogens is 2. The molecule has 0 radical (unpaired) electrons. The van der Waals surface area contributed by atoms with E-state index in [0.717, 1.165) is 0 Å². The van der Waals surface area contributed by atoms with Crippen molar-refractivity contribution >= 4 is 50.2 Å². The fourth-order valence-corrected chi connectivity index (χ4v) is 3.88. The van der Waals surface area contributed by atoms with Gasteiger partial charge in [0.05, 0.1) is 5.69 Å². The number of benzene rings is 2. The first kappa shape index (κ1) is 21.7. The van der Waals surface area contributed by atoms with Crippen molar-refractivity contribution in [3.05, 3.63) is 74.9 Å². The Morgan fingerprint density at radius 2 is 1.97 bits per heavy atom. The molecular formula is C22H18BrFN4O4. The lowest BCUT2D eigenvalue weighted by Crippen LogP contribution is -2.44. The van der Waals surface area contributed by atoms with Gasteiger partial charge in [0.1, 0.15) is 11.9 Å². The monoisotopic (exact) mass is 500 g/mol. The van der Waals surface area contributed by atoms with Gasteiger partial charge in [-0.3, -0.25) is 19.7 Å². The van der Waals surface area contributed by atoms with E-state index in [0.29, 0.717) is 20.8 Å². The molecule has 0 bridgehead atoms. The average Bonchev–Trinajstić information content (AvgIpc) is 2.75. The lowest BCUT2D eigenvalue weighted by atomic mass is 10.0. The molecule has 4 amide bonds. The number of anilines is 1. The Balaban J connectivity index is 1.51. The molecular weight excluding hydrogens is 483 g/mol. The second kappa shape index (κ2) is 8.91. The van der Waals surface area contributed by atoms with E-state index >= 15 is 0 Å². The van der Waals surface area contributed by atoms with Crippen molar-refractivity contribution in [1.82, 2.24) is 15.2 Å². The number of pyridine rings is 1. The number of fused-ring (bicyclic) bond motifs is 1. The van der Waals surface area contributed by atoms with Crippen molar-refractivity contribution in [3.8, 4) is 0 Å². The predicted octanol–water partition coefficient (Wildman–Crippen LogP) is 3.20. The Bertz CT molecular complexity index is 1310. The van der Waals surface area contributed by atoms with Crippen LogP contribution in [-0.2, 0) is 16.1 Å². The highest BCUT2D eigenvalue weighted by atomic mass is 79.9. The number of urea groups is 1. The summed E-state index contributed by atoms with van der Waals surface area (Å²) in [4.78, 5) is 48.7. The number of carbonyl (C=O) groups is 3. The molecule has 164 valence electrons. The highest BCUT2D eigenvalue weighted by Crippen LogP contribution is 2.20. The SMILES string of the molecule is O=C1CCC(n2ccc3ccc(CNC(=O)Nc4ccc(Br)cc4F)cc3c2=O)C(=O)N1. The van der Waals surface area contributed by atoms with E-state index in [9.17, 15) is 23.6 Å². The van der Waals surface area contributed by atoms with E-state index < -0.39 is 23.8 Å². The average molecular weight is 501 g/mol. The molecule has 0 spiro atoms. The van der Waals surface area contributed by atoms with Crippen LogP contribution in [0.1, 0.15) is 24.4 Å². The maximum absolute atomic E-state index is 13.9. The highest BCUT2D eigenvalue weighted by molar-refractivity contribution is 9.10. The quantitative estimate of drug-likeness (QED) is 0.477. The molecule has 3 N–H and O–H groups in total. The van der Waals surface area contributed by atoms with Gasteiger partial charge >= 0.3 is 6.03 Å². The van der Waals surface area contributed by atoms with Gasteiger partial charge in [-0.15, -0.1) is 0 Å². The van der Waals surface area contributed by atoms with Crippen LogP contribution in [-0.4, -0.2) is 22.4 Å². The Hall–Kier alpha value is -3.53. The molecule has 1 saturated heterocycles. The number of aromatic nitrogens is 1. The molecule has 1 aliphatic heterocycles. The lowest BCUT2D eigenvalue weighted by molar-refractivity contribution is -0.135. The van der Waals surface area contributed by atoms with Crippen LogP contribution in [0.5, 0.6) is 0 Å². The van der Waals surface area contributed by atoms with Gasteiger partial charge in [0, 0.05) is 29.0 Å². The summed E-state index contributed by atoms with van der Waals surface area (Å²) in [7, 11) is 0. The topological polar surface area (TPSA) is 109 Å². The van der Waals surface area contributed by atoms with Crippen LogP contribution < -0.4 is 21.5 Å². The molecule has 32 heavy (non-hydrogen) atoms. The zero-order valence-corrected chi connectivity index (χ0v) is 18.2. The zero-order chi connectivity index (χ0) is 22.8. The van der Waals surface area contributed by atoms with Gasteiger partial charge in [-0.05, 0) is 47.7 Å². The first-order valence-electron chi connectivity index (χ1n) is 9.79. The van der Waals surface area contributed by atoms with Crippen LogP contribution in [0.4, 0.5) is 14.9 Å². The van der Waals surface area contributed by atoms with Crippen molar-refractivity contribution in [2.75, 3.05) is 5.32 Å². The largest absolute Gasteiger partial charge is 0.334 e. The molecule has 1 unspecified atom stereocenters. The summed E-state index contributed by atoms with van der Waals surface area (Å²) in [6.45, 7) is 0.104. The van der Waals surface area contributed by atoms with Gasteiger partial charge in [0.2, 0.25) is 11.8 Å².